The maximum absolute atomic E-state index is 14.5. The summed E-state index contributed by atoms with van der Waals surface area (Å²) in [6.07, 6.45) is 11.7. The highest BCUT2D eigenvalue weighted by atomic mass is 19.1. The summed E-state index contributed by atoms with van der Waals surface area (Å²) in [6.45, 7) is 0.656. The van der Waals surface area contributed by atoms with Crippen molar-refractivity contribution in [1.82, 2.24) is 20.3 Å². The van der Waals surface area contributed by atoms with Crippen molar-refractivity contribution < 1.29 is 18.2 Å². The molecule has 40 heavy (non-hydrogen) atoms. The average Bonchev–Trinajstić information content (AvgIpc) is 3.89. The number of fused-ring (bicyclic) bond motifs is 3. The highest BCUT2D eigenvalue weighted by Gasteiger charge is 2.73. The lowest BCUT2D eigenvalue weighted by Crippen LogP contribution is -2.71. The number of amides is 1. The Morgan fingerprint density at radius 1 is 0.925 bits per heavy atom. The summed E-state index contributed by atoms with van der Waals surface area (Å²) in [7, 11) is 0. The van der Waals surface area contributed by atoms with E-state index in [1.165, 1.54) is 12.8 Å². The van der Waals surface area contributed by atoms with Crippen LogP contribution < -0.4 is 4.90 Å². The van der Waals surface area contributed by atoms with Gasteiger partial charge in [0.1, 0.15) is 5.67 Å². The predicted octanol–water partition coefficient (Wildman–Crippen LogP) is 6.39. The number of nitrogens with zero attached hydrogens (tertiary/aromatic N) is 5. The molecule has 0 saturated heterocycles. The molecule has 0 radical (unpaired) electrons. The second-order valence-electron chi connectivity index (χ2n) is 14.1. The van der Waals surface area contributed by atoms with Gasteiger partial charge in [-0.2, -0.15) is 9.97 Å². The topological polar surface area (TPSA) is 98.2 Å². The van der Waals surface area contributed by atoms with Gasteiger partial charge in [0.15, 0.2) is 5.82 Å². The molecule has 0 spiro atoms. The van der Waals surface area contributed by atoms with E-state index < -0.39 is 11.1 Å². The molecule has 8 saturated carbocycles. The predicted molar refractivity (Wildman–Crippen MR) is 142 cm³/mol. The number of alkyl halides is 1. The van der Waals surface area contributed by atoms with Gasteiger partial charge in [0, 0.05) is 35.0 Å². The Morgan fingerprint density at radius 2 is 1.65 bits per heavy atom. The van der Waals surface area contributed by atoms with Crippen LogP contribution in [-0.2, 0) is 10.2 Å². The molecule has 11 rings (SSSR count). The van der Waals surface area contributed by atoms with Crippen LogP contribution in [0.2, 0.25) is 0 Å². The van der Waals surface area contributed by atoms with Crippen LogP contribution in [0.4, 0.5) is 10.1 Å². The van der Waals surface area contributed by atoms with Gasteiger partial charge >= 0.3 is 0 Å². The highest BCUT2D eigenvalue weighted by molar-refractivity contribution is 6.00. The normalized spacial score (nSPS) is 35.7. The van der Waals surface area contributed by atoms with Crippen LogP contribution in [0.15, 0.2) is 33.3 Å². The van der Waals surface area contributed by atoms with Crippen LogP contribution >= 0.6 is 0 Å². The number of hydrogen-bond acceptors (Lipinski definition) is 7. The Bertz CT molecular complexity index is 1480. The Morgan fingerprint density at radius 3 is 2.33 bits per heavy atom. The zero-order chi connectivity index (χ0) is 26.7. The second-order valence-corrected chi connectivity index (χ2v) is 14.1. The molecule has 1 amide bonds. The molecule has 3 aromatic rings. The molecule has 1 aromatic carbocycles. The smallest absolute Gasteiger partial charge is 0.233 e. The number of benzene rings is 1. The third kappa shape index (κ3) is 3.51. The number of carbonyl (C=O) groups is 1. The van der Waals surface area contributed by atoms with Gasteiger partial charge in [-0.25, -0.2) is 4.39 Å². The van der Waals surface area contributed by atoms with Crippen molar-refractivity contribution in [3.8, 4) is 11.4 Å². The summed E-state index contributed by atoms with van der Waals surface area (Å²) in [5.41, 5.74) is 0.0443. The van der Waals surface area contributed by atoms with Crippen LogP contribution in [0.3, 0.4) is 0 Å². The number of rotatable bonds is 8. The van der Waals surface area contributed by atoms with E-state index in [0.29, 0.717) is 49.4 Å². The minimum atomic E-state index is -1.12. The number of anilines is 1. The Labute approximate surface area is 232 Å². The van der Waals surface area contributed by atoms with Crippen molar-refractivity contribution in [1.29, 1.82) is 0 Å². The summed E-state index contributed by atoms with van der Waals surface area (Å²) in [5.74, 6) is 3.94. The molecule has 0 aliphatic heterocycles. The third-order valence-corrected chi connectivity index (χ3v) is 11.2. The van der Waals surface area contributed by atoms with Gasteiger partial charge in [-0.15, -0.1) is 0 Å². The molecular weight excluding hydrogens is 509 g/mol. The molecule has 8 aliphatic carbocycles. The van der Waals surface area contributed by atoms with Gasteiger partial charge in [0.2, 0.25) is 23.5 Å². The molecular formula is C31H34FN5O3. The minimum absolute atomic E-state index is 0.0248. The summed E-state index contributed by atoms with van der Waals surface area (Å²) in [6, 6.07) is 7.96. The monoisotopic (exact) mass is 543 g/mol. The van der Waals surface area contributed by atoms with Crippen molar-refractivity contribution in [3.05, 3.63) is 41.9 Å². The van der Waals surface area contributed by atoms with E-state index in [2.05, 4.69) is 15.3 Å². The lowest BCUT2D eigenvalue weighted by molar-refractivity contribution is -0.211. The first-order valence-electron chi connectivity index (χ1n) is 15.1. The van der Waals surface area contributed by atoms with Crippen LogP contribution in [0.25, 0.3) is 11.4 Å². The maximum Gasteiger partial charge on any atom is 0.233 e. The molecule has 0 N–H and O–H groups in total. The average molecular weight is 544 g/mol. The van der Waals surface area contributed by atoms with E-state index in [9.17, 15) is 9.18 Å². The zero-order valence-corrected chi connectivity index (χ0v) is 22.7. The van der Waals surface area contributed by atoms with E-state index in [1.807, 2.05) is 29.2 Å². The van der Waals surface area contributed by atoms with Gasteiger partial charge in [-0.05, 0) is 101 Å². The molecule has 9 heteroatoms. The molecule has 8 nitrogen and oxygen atoms in total. The zero-order valence-electron chi connectivity index (χ0n) is 22.7. The van der Waals surface area contributed by atoms with Crippen molar-refractivity contribution in [2.75, 3.05) is 11.4 Å². The maximum atomic E-state index is 14.5. The number of halogens is 1. The molecule has 2 aromatic heterocycles. The van der Waals surface area contributed by atoms with Crippen LogP contribution in [0.5, 0.6) is 0 Å². The van der Waals surface area contributed by atoms with E-state index in [-0.39, 0.29) is 16.7 Å². The van der Waals surface area contributed by atoms with Gasteiger partial charge in [-0.3, -0.25) is 4.79 Å². The van der Waals surface area contributed by atoms with Crippen molar-refractivity contribution >= 4 is 11.6 Å². The lowest BCUT2D eigenvalue weighted by atomic mass is 9.41. The number of hydrogen-bond donors (Lipinski definition) is 0. The first-order chi connectivity index (χ1) is 19.4. The third-order valence-electron chi connectivity index (χ3n) is 11.2. The molecule has 2 heterocycles. The van der Waals surface area contributed by atoms with Gasteiger partial charge < -0.3 is 13.9 Å². The quantitative estimate of drug-likeness (QED) is 0.325. The molecule has 0 atom stereocenters. The van der Waals surface area contributed by atoms with Gasteiger partial charge in [0.05, 0.1) is 5.41 Å². The lowest BCUT2D eigenvalue weighted by Gasteiger charge is -2.65. The van der Waals surface area contributed by atoms with Crippen LogP contribution in [-0.4, -0.2) is 38.4 Å². The van der Waals surface area contributed by atoms with E-state index >= 15 is 0 Å². The van der Waals surface area contributed by atoms with E-state index in [1.54, 1.807) is 0 Å². The fourth-order valence-corrected chi connectivity index (χ4v) is 8.23. The first-order valence-corrected chi connectivity index (χ1v) is 15.1. The number of carbonyl (C=O) groups excluding carboxylic acids is 1. The fraction of sp³-hybridized carbons (Fsp3) is 0.645. The second kappa shape index (κ2) is 7.79. The molecule has 4 bridgehead atoms. The fourth-order valence-electron chi connectivity index (χ4n) is 8.23. The number of aromatic nitrogens is 4. The first kappa shape index (κ1) is 23.6. The van der Waals surface area contributed by atoms with Crippen LogP contribution in [0, 0.1) is 10.8 Å². The van der Waals surface area contributed by atoms with E-state index in [4.69, 9.17) is 14.0 Å². The Balaban J connectivity index is 0.997. The van der Waals surface area contributed by atoms with Gasteiger partial charge in [-0.1, -0.05) is 22.4 Å². The molecule has 208 valence electrons. The largest absolute Gasteiger partial charge is 0.339 e. The van der Waals surface area contributed by atoms with Gasteiger partial charge in [0.25, 0.3) is 0 Å². The summed E-state index contributed by atoms with van der Waals surface area (Å²) < 4.78 is 25.9. The standard InChI is InChI=1S/C31H34FN5O3/c32-31-15-30(16-31,17-31)27(38)37(22-3-1-2-21(14-22)24-33-25(39-35-24)20-6-7-20)18-28-8-11-29(12-9-28,13-10-28)26-34-23(36-40-26)19-4-5-19/h1-3,14,19-20H,4-13,15-18H2. The molecule has 8 aliphatic rings. The minimum Gasteiger partial charge on any atom is -0.339 e. The van der Waals surface area contributed by atoms with Crippen molar-refractivity contribution in [2.24, 2.45) is 10.8 Å². The Hall–Kier alpha value is -3.10. The SMILES string of the molecule is O=C(N(CC12CCC(c3nc(C4CC4)no3)(CC1)CC2)c1cccc(-c2noc(C3CC3)n2)c1)C12CC(F)(C1)C2. The summed E-state index contributed by atoms with van der Waals surface area (Å²) >= 11 is 0. The van der Waals surface area contributed by atoms with Crippen molar-refractivity contribution in [3.63, 3.8) is 0 Å². The molecule has 0 unspecified atom stereocenters. The van der Waals surface area contributed by atoms with E-state index in [0.717, 1.165) is 74.3 Å². The Kier molecular flexibility index (Phi) is 4.60. The summed E-state index contributed by atoms with van der Waals surface area (Å²) in [4.78, 5) is 25.6. The van der Waals surface area contributed by atoms with Crippen LogP contribution in [0.1, 0.15) is 113 Å². The highest BCUT2D eigenvalue weighted by Crippen LogP contribution is 2.70. The summed E-state index contributed by atoms with van der Waals surface area (Å²) in [5, 5.41) is 8.54. The van der Waals surface area contributed by atoms with Crippen molar-refractivity contribution in [2.45, 2.75) is 106 Å². The molecule has 8 fully saturated rings.